The van der Waals surface area contributed by atoms with Gasteiger partial charge in [-0.15, -0.1) is 23.7 Å². The Labute approximate surface area is 122 Å². The fourth-order valence-electron chi connectivity index (χ4n) is 2.38. The van der Waals surface area contributed by atoms with Gasteiger partial charge in [-0.05, 0) is 12.5 Å². The van der Waals surface area contributed by atoms with E-state index in [1.165, 1.54) is 15.0 Å². The second kappa shape index (κ2) is 5.76. The summed E-state index contributed by atoms with van der Waals surface area (Å²) in [6.45, 7) is 3.02. The van der Waals surface area contributed by atoms with E-state index in [9.17, 15) is 0 Å². The van der Waals surface area contributed by atoms with E-state index < -0.39 is 0 Å². The molecule has 98 valence electrons. The molecule has 1 aromatic heterocycles. The molecule has 0 unspecified atom stereocenters. The van der Waals surface area contributed by atoms with E-state index in [2.05, 4.69) is 23.1 Å². The molecule has 0 spiro atoms. The predicted molar refractivity (Wildman–Crippen MR) is 82.0 cm³/mol. The molecule has 1 aromatic carbocycles. The molecule has 1 aliphatic heterocycles. The topological polar surface area (TPSA) is 29.3 Å². The third kappa shape index (κ3) is 2.65. The Hall–Kier alpha value is -0.320. The number of thiophene rings is 1. The molecule has 1 atom stereocenters. The van der Waals surface area contributed by atoms with Gasteiger partial charge in [0.05, 0.1) is 5.02 Å². The van der Waals surface area contributed by atoms with Gasteiger partial charge in [-0.25, -0.2) is 0 Å². The van der Waals surface area contributed by atoms with Crippen molar-refractivity contribution in [2.45, 2.75) is 19.0 Å². The van der Waals surface area contributed by atoms with Gasteiger partial charge in [0.25, 0.3) is 0 Å². The number of fused-ring (bicyclic) bond motifs is 1. The summed E-state index contributed by atoms with van der Waals surface area (Å²) >= 11 is 8.22. The highest BCUT2D eigenvalue weighted by atomic mass is 35.5. The number of nitrogens with zero attached hydrogens (tertiary/aromatic N) is 1. The number of benzene rings is 1. The Morgan fingerprint density at radius 3 is 2.83 bits per heavy atom. The van der Waals surface area contributed by atoms with Gasteiger partial charge in [-0.2, -0.15) is 0 Å². The van der Waals surface area contributed by atoms with Crippen LogP contribution < -0.4 is 5.73 Å². The van der Waals surface area contributed by atoms with Crippen LogP contribution in [0.25, 0.3) is 10.1 Å². The van der Waals surface area contributed by atoms with Gasteiger partial charge >= 0.3 is 0 Å². The second-order valence-corrected chi connectivity index (χ2v) is 6.13. The second-order valence-electron chi connectivity index (χ2n) is 4.62. The summed E-state index contributed by atoms with van der Waals surface area (Å²) in [5.41, 5.74) is 5.92. The number of likely N-dealkylation sites (tertiary alicyclic amines) is 1. The summed E-state index contributed by atoms with van der Waals surface area (Å²) in [5, 5.41) is 2.10. The molecule has 2 N–H and O–H groups in total. The summed E-state index contributed by atoms with van der Waals surface area (Å²) in [4.78, 5) is 3.66. The van der Waals surface area contributed by atoms with Gasteiger partial charge in [0.1, 0.15) is 0 Å². The minimum Gasteiger partial charge on any atom is -0.326 e. The molecule has 2 aromatic rings. The fraction of sp³-hybridized carbons (Fsp3) is 0.385. The smallest absolute Gasteiger partial charge is 0.0637 e. The summed E-state index contributed by atoms with van der Waals surface area (Å²) in [7, 11) is 0. The fourth-order valence-corrected chi connectivity index (χ4v) is 3.91. The van der Waals surface area contributed by atoms with Gasteiger partial charge in [0.15, 0.2) is 0 Å². The molecule has 3 rings (SSSR count). The number of hydrogen-bond donors (Lipinski definition) is 1. The van der Waals surface area contributed by atoms with Crippen LogP contribution in [0.15, 0.2) is 24.3 Å². The van der Waals surface area contributed by atoms with E-state index in [4.69, 9.17) is 17.3 Å². The molecular formula is C13H16Cl2N2S. The van der Waals surface area contributed by atoms with Crippen molar-refractivity contribution in [2.24, 2.45) is 5.73 Å². The summed E-state index contributed by atoms with van der Waals surface area (Å²) in [6.07, 6.45) is 1.10. The van der Waals surface area contributed by atoms with Gasteiger partial charge in [-0.3, -0.25) is 4.90 Å². The van der Waals surface area contributed by atoms with Crippen LogP contribution in [-0.2, 0) is 6.54 Å². The Bertz CT molecular complexity index is 541. The van der Waals surface area contributed by atoms with Gasteiger partial charge in [0.2, 0.25) is 0 Å². The molecule has 2 heterocycles. The maximum atomic E-state index is 6.42. The van der Waals surface area contributed by atoms with Crippen LogP contribution in [-0.4, -0.2) is 24.0 Å². The van der Waals surface area contributed by atoms with Crippen molar-refractivity contribution in [3.05, 3.63) is 34.2 Å². The zero-order valence-corrected chi connectivity index (χ0v) is 12.3. The van der Waals surface area contributed by atoms with E-state index in [-0.39, 0.29) is 12.4 Å². The average molecular weight is 303 g/mol. The normalized spacial score (nSPS) is 20.2. The van der Waals surface area contributed by atoms with Crippen LogP contribution >= 0.6 is 35.3 Å². The van der Waals surface area contributed by atoms with Crippen LogP contribution in [0, 0.1) is 0 Å². The third-order valence-corrected chi connectivity index (χ3v) is 4.98. The highest BCUT2D eigenvalue weighted by Gasteiger charge is 2.21. The number of nitrogens with two attached hydrogens (primary N) is 1. The highest BCUT2D eigenvalue weighted by Crippen LogP contribution is 2.36. The average Bonchev–Trinajstić information content (AvgIpc) is 2.86. The van der Waals surface area contributed by atoms with E-state index in [0.717, 1.165) is 31.1 Å². The van der Waals surface area contributed by atoms with E-state index in [0.29, 0.717) is 6.04 Å². The highest BCUT2D eigenvalue weighted by molar-refractivity contribution is 7.19. The summed E-state index contributed by atoms with van der Waals surface area (Å²) < 4.78 is 1.27. The molecule has 1 aliphatic rings. The van der Waals surface area contributed by atoms with Crippen molar-refractivity contribution in [3.63, 3.8) is 0 Å². The minimum atomic E-state index is 0. The Morgan fingerprint density at radius 1 is 1.39 bits per heavy atom. The van der Waals surface area contributed by atoms with Crippen LogP contribution in [0.3, 0.4) is 0 Å². The molecule has 0 radical (unpaired) electrons. The maximum absolute atomic E-state index is 6.42. The Balaban J connectivity index is 0.00000120. The van der Waals surface area contributed by atoms with Gasteiger partial charge in [0, 0.05) is 40.6 Å². The van der Waals surface area contributed by atoms with E-state index in [1.807, 2.05) is 6.07 Å². The lowest BCUT2D eigenvalue weighted by atomic mass is 10.2. The largest absolute Gasteiger partial charge is 0.326 e. The number of hydrogen-bond acceptors (Lipinski definition) is 3. The van der Waals surface area contributed by atoms with Crippen molar-refractivity contribution in [2.75, 3.05) is 13.1 Å². The standard InChI is InChI=1S/C13H15ClN2S.ClH/c14-13-10-3-1-2-4-11(10)17-12(13)8-16-6-5-9(15)7-16;/h1-4,9H,5-8,15H2;1H/t9-;/m1./s1. The van der Waals surface area contributed by atoms with Crippen molar-refractivity contribution < 1.29 is 0 Å². The SMILES string of the molecule is Cl.N[C@@H]1CCN(Cc2sc3ccccc3c2Cl)C1. The zero-order chi connectivity index (χ0) is 11.8. The summed E-state index contributed by atoms with van der Waals surface area (Å²) in [5.74, 6) is 0. The van der Waals surface area contributed by atoms with E-state index in [1.54, 1.807) is 11.3 Å². The first-order valence-electron chi connectivity index (χ1n) is 5.88. The number of halogens is 2. The van der Waals surface area contributed by atoms with Crippen molar-refractivity contribution >= 4 is 45.4 Å². The van der Waals surface area contributed by atoms with Crippen LogP contribution in [0.5, 0.6) is 0 Å². The molecule has 0 bridgehead atoms. The lowest BCUT2D eigenvalue weighted by Gasteiger charge is -2.13. The molecule has 0 saturated carbocycles. The van der Waals surface area contributed by atoms with Crippen LogP contribution in [0.1, 0.15) is 11.3 Å². The predicted octanol–water partition coefficient (Wildman–Crippen LogP) is 3.51. The monoisotopic (exact) mass is 302 g/mol. The lowest BCUT2D eigenvalue weighted by Crippen LogP contribution is -2.26. The first-order valence-corrected chi connectivity index (χ1v) is 7.07. The molecule has 1 saturated heterocycles. The molecule has 2 nitrogen and oxygen atoms in total. The summed E-state index contributed by atoms with van der Waals surface area (Å²) in [6, 6.07) is 8.66. The molecular weight excluding hydrogens is 287 g/mol. The number of rotatable bonds is 2. The van der Waals surface area contributed by atoms with Crippen molar-refractivity contribution in [3.8, 4) is 0 Å². The zero-order valence-electron chi connectivity index (χ0n) is 9.93. The maximum Gasteiger partial charge on any atom is 0.0637 e. The van der Waals surface area contributed by atoms with Crippen molar-refractivity contribution in [1.82, 2.24) is 4.90 Å². The van der Waals surface area contributed by atoms with Gasteiger partial charge < -0.3 is 5.73 Å². The third-order valence-electron chi connectivity index (χ3n) is 3.28. The Morgan fingerprint density at radius 2 is 2.17 bits per heavy atom. The first-order chi connectivity index (χ1) is 8.24. The molecule has 0 aliphatic carbocycles. The molecule has 18 heavy (non-hydrogen) atoms. The van der Waals surface area contributed by atoms with Crippen LogP contribution in [0.2, 0.25) is 5.02 Å². The van der Waals surface area contributed by atoms with Crippen molar-refractivity contribution in [1.29, 1.82) is 0 Å². The first kappa shape index (κ1) is 14.1. The Kier molecular flexibility index (Phi) is 4.51. The lowest BCUT2D eigenvalue weighted by molar-refractivity contribution is 0.330. The van der Waals surface area contributed by atoms with Gasteiger partial charge in [-0.1, -0.05) is 29.8 Å². The quantitative estimate of drug-likeness (QED) is 0.920. The van der Waals surface area contributed by atoms with Crippen LogP contribution in [0.4, 0.5) is 0 Å². The minimum absolute atomic E-state index is 0. The van der Waals surface area contributed by atoms with E-state index >= 15 is 0 Å². The molecule has 1 fully saturated rings. The molecule has 0 amide bonds. The molecule has 5 heteroatoms.